The summed E-state index contributed by atoms with van der Waals surface area (Å²) >= 11 is 0. The maximum atomic E-state index is 13.1. The van der Waals surface area contributed by atoms with E-state index >= 15 is 0 Å². The molecule has 0 bridgehead atoms. The van der Waals surface area contributed by atoms with Gasteiger partial charge >= 0.3 is 0 Å². The number of nitrogens with zero attached hydrogens (tertiary/aromatic N) is 3. The lowest BCUT2D eigenvalue weighted by molar-refractivity contribution is -0.132. The first-order valence-corrected chi connectivity index (χ1v) is 11.5. The second-order valence-electron chi connectivity index (χ2n) is 8.60. The monoisotopic (exact) mass is 475 g/mol. The van der Waals surface area contributed by atoms with E-state index in [0.29, 0.717) is 18.9 Å². The second kappa shape index (κ2) is 10.0. The third kappa shape index (κ3) is 4.89. The predicted molar refractivity (Wildman–Crippen MR) is 130 cm³/mol. The Morgan fingerprint density at radius 2 is 1.77 bits per heavy atom. The summed E-state index contributed by atoms with van der Waals surface area (Å²) in [5.74, 6) is -0.379. The van der Waals surface area contributed by atoms with Crippen LogP contribution in [0.5, 0.6) is 5.75 Å². The molecule has 4 rings (SSSR count). The van der Waals surface area contributed by atoms with Crippen molar-refractivity contribution in [2.45, 2.75) is 39.0 Å². The first-order valence-electron chi connectivity index (χ1n) is 11.5. The summed E-state index contributed by atoms with van der Waals surface area (Å²) in [5, 5.41) is 10.1. The Balaban J connectivity index is 1.47. The zero-order valence-corrected chi connectivity index (χ0v) is 20.1. The van der Waals surface area contributed by atoms with E-state index in [4.69, 9.17) is 4.74 Å². The molecule has 1 aliphatic rings. The highest BCUT2D eigenvalue weighted by atomic mass is 16.5. The van der Waals surface area contributed by atoms with Gasteiger partial charge < -0.3 is 20.3 Å². The molecule has 0 saturated carbocycles. The van der Waals surface area contributed by atoms with Gasteiger partial charge in [-0.3, -0.25) is 19.1 Å². The summed E-state index contributed by atoms with van der Waals surface area (Å²) in [6.45, 7) is 4.84. The molecule has 1 unspecified atom stereocenters. The standard InChI is InChI=1S/C26H29N5O4/c1-4-35-22-13-9-8-12-19(22)16-27-23(32)20-14-21-24(33)30(3)26(2,17-31(21)29-20)25(34)28-15-18-10-6-5-7-11-18/h5-14H,4,15-17H2,1-3H3,(H,27,32)(H,28,34). The number of rotatable bonds is 8. The van der Waals surface area contributed by atoms with Crippen LogP contribution in [0.1, 0.15) is 46.0 Å². The molecule has 35 heavy (non-hydrogen) atoms. The van der Waals surface area contributed by atoms with Crippen molar-refractivity contribution >= 4 is 17.7 Å². The van der Waals surface area contributed by atoms with Crippen molar-refractivity contribution in [1.29, 1.82) is 0 Å². The van der Waals surface area contributed by atoms with Crippen LogP contribution in [-0.4, -0.2) is 51.6 Å². The van der Waals surface area contributed by atoms with E-state index in [9.17, 15) is 14.4 Å². The van der Waals surface area contributed by atoms with Gasteiger partial charge in [0.25, 0.3) is 11.8 Å². The molecule has 2 aromatic carbocycles. The minimum atomic E-state index is -1.16. The van der Waals surface area contributed by atoms with Crippen molar-refractivity contribution in [3.63, 3.8) is 0 Å². The van der Waals surface area contributed by atoms with Gasteiger partial charge in [0.1, 0.15) is 17.0 Å². The van der Waals surface area contributed by atoms with Crippen LogP contribution < -0.4 is 15.4 Å². The Hall–Kier alpha value is -4.14. The largest absolute Gasteiger partial charge is 0.494 e. The Labute approximate surface area is 204 Å². The fourth-order valence-corrected chi connectivity index (χ4v) is 4.02. The molecule has 0 fully saturated rings. The number of likely N-dealkylation sites (N-methyl/N-ethyl adjacent to an activating group) is 1. The van der Waals surface area contributed by atoms with E-state index in [-0.39, 0.29) is 36.3 Å². The van der Waals surface area contributed by atoms with Crippen LogP contribution in [0, 0.1) is 0 Å². The van der Waals surface area contributed by atoms with Crippen molar-refractivity contribution < 1.29 is 19.1 Å². The van der Waals surface area contributed by atoms with E-state index in [1.807, 2.05) is 61.5 Å². The van der Waals surface area contributed by atoms with Crippen molar-refractivity contribution in [2.75, 3.05) is 13.7 Å². The fraction of sp³-hybridized carbons (Fsp3) is 0.308. The Kier molecular flexibility index (Phi) is 6.86. The molecule has 0 saturated heterocycles. The molecular weight excluding hydrogens is 446 g/mol. The van der Waals surface area contributed by atoms with Crippen LogP contribution in [0.15, 0.2) is 60.7 Å². The molecule has 3 aromatic rings. The van der Waals surface area contributed by atoms with Gasteiger partial charge in [0.15, 0.2) is 5.69 Å². The number of nitrogens with one attached hydrogen (secondary N) is 2. The number of fused-ring (bicyclic) bond motifs is 1. The van der Waals surface area contributed by atoms with Crippen LogP contribution in [-0.2, 0) is 24.4 Å². The summed E-state index contributed by atoms with van der Waals surface area (Å²) < 4.78 is 7.04. The Morgan fingerprint density at radius 3 is 2.51 bits per heavy atom. The number of hydrogen-bond acceptors (Lipinski definition) is 5. The smallest absolute Gasteiger partial charge is 0.272 e. The van der Waals surface area contributed by atoms with Gasteiger partial charge in [-0.2, -0.15) is 5.10 Å². The molecular formula is C26H29N5O4. The molecule has 9 heteroatoms. The summed E-state index contributed by atoms with van der Waals surface area (Å²) in [5.41, 5.74) is 1.02. The molecule has 1 aromatic heterocycles. The fourth-order valence-electron chi connectivity index (χ4n) is 4.02. The van der Waals surface area contributed by atoms with E-state index < -0.39 is 11.4 Å². The summed E-state index contributed by atoms with van der Waals surface area (Å²) in [6, 6.07) is 18.5. The lowest BCUT2D eigenvalue weighted by Gasteiger charge is -2.40. The van der Waals surface area contributed by atoms with Gasteiger partial charge in [-0.15, -0.1) is 0 Å². The maximum absolute atomic E-state index is 13.1. The van der Waals surface area contributed by atoms with Gasteiger partial charge in [-0.1, -0.05) is 48.5 Å². The third-order valence-corrected chi connectivity index (χ3v) is 6.23. The highest BCUT2D eigenvalue weighted by Gasteiger charge is 2.46. The van der Waals surface area contributed by atoms with E-state index in [1.54, 1.807) is 14.0 Å². The number of amides is 3. The van der Waals surface area contributed by atoms with Crippen LogP contribution in [0.2, 0.25) is 0 Å². The lowest BCUT2D eigenvalue weighted by atomic mass is 9.96. The van der Waals surface area contributed by atoms with Gasteiger partial charge in [0.2, 0.25) is 5.91 Å². The van der Waals surface area contributed by atoms with Crippen molar-refractivity contribution in [1.82, 2.24) is 25.3 Å². The molecule has 1 atom stereocenters. The minimum Gasteiger partial charge on any atom is -0.494 e. The zero-order chi connectivity index (χ0) is 25.0. The SMILES string of the molecule is CCOc1ccccc1CNC(=O)c1cc2n(n1)CC(C)(C(=O)NCc1ccccc1)N(C)C2=O. The summed E-state index contributed by atoms with van der Waals surface area (Å²) in [7, 11) is 1.59. The zero-order valence-electron chi connectivity index (χ0n) is 20.1. The Morgan fingerprint density at radius 1 is 1.06 bits per heavy atom. The molecule has 3 amide bonds. The maximum Gasteiger partial charge on any atom is 0.272 e. The van der Waals surface area contributed by atoms with Crippen LogP contribution in [0.4, 0.5) is 0 Å². The van der Waals surface area contributed by atoms with E-state index in [2.05, 4.69) is 15.7 Å². The first-order chi connectivity index (χ1) is 16.8. The molecule has 0 radical (unpaired) electrons. The van der Waals surface area contributed by atoms with Crippen molar-refractivity contribution in [3.8, 4) is 5.75 Å². The average Bonchev–Trinajstić information content (AvgIpc) is 3.30. The highest BCUT2D eigenvalue weighted by Crippen LogP contribution is 2.26. The van der Waals surface area contributed by atoms with Gasteiger partial charge in [0, 0.05) is 31.8 Å². The number of hydrogen-bond donors (Lipinski definition) is 2. The number of ether oxygens (including phenoxy) is 1. The molecule has 2 N–H and O–H groups in total. The third-order valence-electron chi connectivity index (χ3n) is 6.23. The number of aromatic nitrogens is 2. The molecule has 9 nitrogen and oxygen atoms in total. The average molecular weight is 476 g/mol. The molecule has 2 heterocycles. The number of carbonyl (C=O) groups is 3. The molecule has 1 aliphatic heterocycles. The number of benzene rings is 2. The number of carbonyl (C=O) groups excluding carboxylic acids is 3. The van der Waals surface area contributed by atoms with Crippen LogP contribution in [0.3, 0.4) is 0 Å². The van der Waals surface area contributed by atoms with Crippen molar-refractivity contribution in [2.24, 2.45) is 0 Å². The van der Waals surface area contributed by atoms with Crippen molar-refractivity contribution in [3.05, 3.63) is 83.2 Å². The topological polar surface area (TPSA) is 106 Å². The van der Waals surface area contributed by atoms with E-state index in [1.165, 1.54) is 15.6 Å². The molecule has 182 valence electrons. The van der Waals surface area contributed by atoms with Crippen LogP contribution in [0.25, 0.3) is 0 Å². The molecule has 0 aliphatic carbocycles. The van der Waals surface area contributed by atoms with E-state index in [0.717, 1.165) is 11.1 Å². The van der Waals surface area contributed by atoms with Gasteiger partial charge in [-0.05, 0) is 25.5 Å². The summed E-state index contributed by atoms with van der Waals surface area (Å²) in [4.78, 5) is 40.4. The predicted octanol–water partition coefficient (Wildman–Crippen LogP) is 2.37. The first kappa shape index (κ1) is 24.0. The normalized spacial score (nSPS) is 17.0. The number of para-hydroxylation sites is 1. The second-order valence-corrected chi connectivity index (χ2v) is 8.60. The summed E-state index contributed by atoms with van der Waals surface area (Å²) in [6.07, 6.45) is 0. The van der Waals surface area contributed by atoms with Gasteiger partial charge in [-0.25, -0.2) is 0 Å². The van der Waals surface area contributed by atoms with Crippen LogP contribution >= 0.6 is 0 Å². The molecule has 0 spiro atoms. The lowest BCUT2D eigenvalue weighted by Crippen LogP contribution is -2.62. The minimum absolute atomic E-state index is 0.115. The van der Waals surface area contributed by atoms with Gasteiger partial charge in [0.05, 0.1) is 13.2 Å². The highest BCUT2D eigenvalue weighted by molar-refractivity contribution is 6.01. The quantitative estimate of drug-likeness (QED) is 0.520. The Bertz CT molecular complexity index is 1240.